The maximum atomic E-state index is 12.3. The Hall–Kier alpha value is -0.900. The lowest BCUT2D eigenvalue weighted by atomic mass is 10.0. The summed E-state index contributed by atoms with van der Waals surface area (Å²) in [6.07, 6.45) is -1.06. The van der Waals surface area contributed by atoms with Crippen molar-refractivity contribution >= 4 is 0 Å². The molecule has 0 spiro atoms. The van der Waals surface area contributed by atoms with Gasteiger partial charge in [-0.2, -0.15) is 0 Å². The highest BCUT2D eigenvalue weighted by atomic mass is 19.3. The van der Waals surface area contributed by atoms with Gasteiger partial charge in [-0.3, -0.25) is 0 Å². The van der Waals surface area contributed by atoms with Gasteiger partial charge in [0.1, 0.15) is 5.76 Å². The highest BCUT2D eigenvalue weighted by Gasteiger charge is 2.24. The van der Waals surface area contributed by atoms with Crippen molar-refractivity contribution in [1.29, 1.82) is 0 Å². The number of halogens is 2. The van der Waals surface area contributed by atoms with Gasteiger partial charge in [-0.25, -0.2) is 8.78 Å². The maximum absolute atomic E-state index is 12.3. The molecule has 12 heavy (non-hydrogen) atoms. The topological polar surface area (TPSA) is 39.2 Å². The Kier molecular flexibility index (Phi) is 2.81. The second kappa shape index (κ2) is 3.67. The molecule has 4 heteroatoms. The summed E-state index contributed by atoms with van der Waals surface area (Å²) < 4.78 is 29.5. The molecule has 1 rings (SSSR count). The van der Waals surface area contributed by atoms with E-state index in [0.29, 0.717) is 5.76 Å². The van der Waals surface area contributed by atoms with Crippen LogP contribution in [0.15, 0.2) is 16.7 Å². The quantitative estimate of drug-likeness (QED) is 0.761. The standard InChI is InChI=1S/C8H11F2NO/c1-5-2-3-12-7(5)6(4-11)8(9)10/h2-3,6,8H,4,11H2,1H3. The highest BCUT2D eigenvalue weighted by Crippen LogP contribution is 2.25. The Morgan fingerprint density at radius 3 is 2.58 bits per heavy atom. The molecular formula is C8H11F2NO. The van der Waals surface area contributed by atoms with Crippen LogP contribution in [0.25, 0.3) is 0 Å². The third kappa shape index (κ3) is 1.64. The molecule has 0 aliphatic carbocycles. The Morgan fingerprint density at radius 2 is 2.25 bits per heavy atom. The summed E-state index contributed by atoms with van der Waals surface area (Å²) in [5, 5.41) is 0. The van der Waals surface area contributed by atoms with E-state index in [2.05, 4.69) is 0 Å². The fourth-order valence-corrected chi connectivity index (χ4v) is 1.09. The largest absolute Gasteiger partial charge is 0.469 e. The van der Waals surface area contributed by atoms with Crippen molar-refractivity contribution in [3.8, 4) is 0 Å². The van der Waals surface area contributed by atoms with Crippen LogP contribution in [0.3, 0.4) is 0 Å². The molecule has 1 aromatic heterocycles. The summed E-state index contributed by atoms with van der Waals surface area (Å²) in [6, 6.07) is 1.65. The van der Waals surface area contributed by atoms with Crippen molar-refractivity contribution in [3.63, 3.8) is 0 Å². The van der Waals surface area contributed by atoms with E-state index in [1.807, 2.05) is 0 Å². The molecule has 0 saturated carbocycles. The molecule has 1 heterocycles. The molecule has 68 valence electrons. The van der Waals surface area contributed by atoms with E-state index in [1.165, 1.54) is 6.26 Å². The van der Waals surface area contributed by atoms with Crippen LogP contribution in [-0.4, -0.2) is 13.0 Å². The molecule has 0 fully saturated rings. The molecule has 0 aromatic carbocycles. The minimum Gasteiger partial charge on any atom is -0.469 e. The Morgan fingerprint density at radius 1 is 1.58 bits per heavy atom. The van der Waals surface area contributed by atoms with Gasteiger partial charge >= 0.3 is 0 Å². The van der Waals surface area contributed by atoms with E-state index >= 15 is 0 Å². The van der Waals surface area contributed by atoms with E-state index in [4.69, 9.17) is 10.2 Å². The van der Waals surface area contributed by atoms with Crippen molar-refractivity contribution in [2.75, 3.05) is 6.54 Å². The van der Waals surface area contributed by atoms with Crippen LogP contribution in [0, 0.1) is 6.92 Å². The second-order valence-electron chi connectivity index (χ2n) is 2.64. The zero-order valence-electron chi connectivity index (χ0n) is 6.76. The molecule has 0 radical (unpaired) electrons. The van der Waals surface area contributed by atoms with Crippen LogP contribution in [0.2, 0.25) is 0 Å². The molecule has 2 N–H and O–H groups in total. The van der Waals surface area contributed by atoms with Gasteiger partial charge in [0.15, 0.2) is 0 Å². The van der Waals surface area contributed by atoms with E-state index in [9.17, 15) is 8.78 Å². The summed E-state index contributed by atoms with van der Waals surface area (Å²) in [7, 11) is 0. The Labute approximate surface area is 69.4 Å². The lowest BCUT2D eigenvalue weighted by Gasteiger charge is -2.11. The number of furan rings is 1. The number of alkyl halides is 2. The van der Waals surface area contributed by atoms with Crippen LogP contribution >= 0.6 is 0 Å². The van der Waals surface area contributed by atoms with Gasteiger partial charge < -0.3 is 10.2 Å². The third-order valence-electron chi connectivity index (χ3n) is 1.80. The first-order valence-corrected chi connectivity index (χ1v) is 3.69. The van der Waals surface area contributed by atoms with E-state index < -0.39 is 12.3 Å². The van der Waals surface area contributed by atoms with Gasteiger partial charge in [0.05, 0.1) is 12.2 Å². The zero-order valence-corrected chi connectivity index (χ0v) is 6.76. The molecule has 0 bridgehead atoms. The number of hydrogen-bond donors (Lipinski definition) is 1. The van der Waals surface area contributed by atoms with Crippen LogP contribution in [0.5, 0.6) is 0 Å². The average Bonchev–Trinajstić information content (AvgIpc) is 2.38. The van der Waals surface area contributed by atoms with Gasteiger partial charge in [0.2, 0.25) is 6.43 Å². The maximum Gasteiger partial charge on any atom is 0.249 e. The van der Waals surface area contributed by atoms with E-state index in [-0.39, 0.29) is 6.54 Å². The predicted octanol–water partition coefficient (Wildman–Crippen LogP) is 1.90. The Balaban J connectivity index is 2.87. The highest BCUT2D eigenvalue weighted by molar-refractivity contribution is 5.19. The monoisotopic (exact) mass is 175 g/mol. The molecule has 0 aliphatic heterocycles. The summed E-state index contributed by atoms with van der Waals surface area (Å²) in [6.45, 7) is 1.63. The zero-order chi connectivity index (χ0) is 9.14. The van der Waals surface area contributed by atoms with Gasteiger partial charge in [0.25, 0.3) is 0 Å². The van der Waals surface area contributed by atoms with Crippen molar-refractivity contribution < 1.29 is 13.2 Å². The first kappa shape index (κ1) is 9.19. The van der Waals surface area contributed by atoms with E-state index in [0.717, 1.165) is 5.56 Å². The second-order valence-corrected chi connectivity index (χ2v) is 2.64. The van der Waals surface area contributed by atoms with E-state index in [1.54, 1.807) is 13.0 Å². The van der Waals surface area contributed by atoms with Crippen LogP contribution in [-0.2, 0) is 0 Å². The molecule has 1 atom stereocenters. The number of aryl methyl sites for hydroxylation is 1. The average molecular weight is 175 g/mol. The smallest absolute Gasteiger partial charge is 0.249 e. The molecule has 0 amide bonds. The normalized spacial score (nSPS) is 13.8. The van der Waals surface area contributed by atoms with Crippen molar-refractivity contribution in [2.24, 2.45) is 5.73 Å². The van der Waals surface area contributed by atoms with Crippen molar-refractivity contribution in [2.45, 2.75) is 19.3 Å². The summed E-state index contributed by atoms with van der Waals surface area (Å²) in [4.78, 5) is 0. The number of rotatable bonds is 3. The first-order chi connectivity index (χ1) is 5.66. The summed E-state index contributed by atoms with van der Waals surface area (Å²) in [5.74, 6) is -0.674. The first-order valence-electron chi connectivity index (χ1n) is 3.69. The van der Waals surface area contributed by atoms with Gasteiger partial charge in [-0.05, 0) is 18.6 Å². The number of hydrogen-bond acceptors (Lipinski definition) is 2. The van der Waals surface area contributed by atoms with Crippen LogP contribution in [0.4, 0.5) is 8.78 Å². The molecule has 0 aliphatic rings. The fourth-order valence-electron chi connectivity index (χ4n) is 1.09. The molecule has 0 saturated heterocycles. The van der Waals surface area contributed by atoms with Crippen LogP contribution in [0.1, 0.15) is 17.2 Å². The third-order valence-corrected chi connectivity index (χ3v) is 1.80. The minimum absolute atomic E-state index is 0.0913. The molecule has 2 nitrogen and oxygen atoms in total. The van der Waals surface area contributed by atoms with Crippen molar-refractivity contribution in [1.82, 2.24) is 0 Å². The van der Waals surface area contributed by atoms with Gasteiger partial charge in [-0.15, -0.1) is 0 Å². The predicted molar refractivity (Wildman–Crippen MR) is 41.2 cm³/mol. The number of nitrogens with two attached hydrogens (primary N) is 1. The lowest BCUT2D eigenvalue weighted by molar-refractivity contribution is 0.107. The SMILES string of the molecule is Cc1ccoc1C(CN)C(F)F. The Bertz CT molecular complexity index is 247. The molecular weight excluding hydrogens is 164 g/mol. The lowest BCUT2D eigenvalue weighted by Crippen LogP contribution is -2.19. The van der Waals surface area contributed by atoms with Gasteiger partial charge in [0, 0.05) is 6.54 Å². The van der Waals surface area contributed by atoms with Crippen LogP contribution < -0.4 is 5.73 Å². The van der Waals surface area contributed by atoms with Crippen molar-refractivity contribution in [3.05, 3.63) is 23.7 Å². The summed E-state index contributed by atoms with van der Waals surface area (Å²) >= 11 is 0. The molecule has 1 unspecified atom stereocenters. The molecule has 1 aromatic rings. The fraction of sp³-hybridized carbons (Fsp3) is 0.500. The van der Waals surface area contributed by atoms with Gasteiger partial charge in [-0.1, -0.05) is 0 Å². The minimum atomic E-state index is -2.46. The summed E-state index contributed by atoms with van der Waals surface area (Å²) in [5.41, 5.74) is 5.92.